The number of carbonyl (C=O) groups excluding carboxylic acids is 1. The van der Waals surface area contributed by atoms with Gasteiger partial charge in [0.1, 0.15) is 0 Å². The van der Waals surface area contributed by atoms with Crippen molar-refractivity contribution >= 4 is 33.3 Å². The van der Waals surface area contributed by atoms with Crippen LogP contribution in [0.25, 0.3) is 0 Å². The van der Waals surface area contributed by atoms with Gasteiger partial charge in [-0.25, -0.2) is 0 Å². The predicted octanol–water partition coefficient (Wildman–Crippen LogP) is 3.84. The molecule has 19 heavy (non-hydrogen) atoms. The summed E-state index contributed by atoms with van der Waals surface area (Å²) in [5.41, 5.74) is 0. The minimum absolute atomic E-state index is 0. The summed E-state index contributed by atoms with van der Waals surface area (Å²) >= 11 is 0. The number of unbranched alkanes of at least 4 members (excludes halogenated alkanes) is 12. The number of carbonyl (C=O) groups is 1. The van der Waals surface area contributed by atoms with E-state index in [-0.39, 0.29) is 33.7 Å². The number of carboxylic acid groups (broad SMARTS) is 1. The molecule has 0 aromatic heterocycles. The normalized spacial score (nSPS) is 10.2. The maximum Gasteiger partial charge on any atom is 1.00 e. The van der Waals surface area contributed by atoms with Crippen LogP contribution in [0.3, 0.4) is 0 Å². The summed E-state index contributed by atoms with van der Waals surface area (Å²) in [6, 6.07) is 0. The first-order valence-corrected chi connectivity index (χ1v) is 7.97. The smallest absolute Gasteiger partial charge is 0.550 e. The van der Waals surface area contributed by atoms with Crippen molar-refractivity contribution in [1.29, 1.82) is 0 Å². The molecule has 0 aliphatic heterocycles. The zero-order valence-corrected chi connectivity index (χ0v) is 17.3. The molecule has 0 heterocycles. The molecule has 2 nitrogen and oxygen atoms in total. The van der Waals surface area contributed by atoms with Crippen molar-refractivity contribution in [3.63, 3.8) is 0 Å². The molecule has 0 saturated heterocycles. The Bertz CT molecular complexity index is 184. The SMILES string of the molecule is CCCCCCCCCCCCCCCC(=O)[O-].[Tl+]. The van der Waals surface area contributed by atoms with Gasteiger partial charge < -0.3 is 9.90 Å². The van der Waals surface area contributed by atoms with Gasteiger partial charge in [-0.05, 0) is 12.8 Å². The van der Waals surface area contributed by atoms with Crippen molar-refractivity contribution in [3.8, 4) is 0 Å². The molecule has 0 aliphatic carbocycles. The Kier molecular flexibility index (Phi) is 21.0. The van der Waals surface area contributed by atoms with E-state index in [4.69, 9.17) is 0 Å². The van der Waals surface area contributed by atoms with Gasteiger partial charge in [-0.2, -0.15) is 0 Å². The average molecular weight is 460 g/mol. The molecule has 110 valence electrons. The zero-order chi connectivity index (χ0) is 13.5. The van der Waals surface area contributed by atoms with E-state index in [1.807, 2.05) is 0 Å². The van der Waals surface area contributed by atoms with Crippen LogP contribution in [0.15, 0.2) is 0 Å². The molecule has 0 saturated carbocycles. The van der Waals surface area contributed by atoms with Crippen molar-refractivity contribution in [3.05, 3.63) is 0 Å². The summed E-state index contributed by atoms with van der Waals surface area (Å²) in [6.45, 7) is 2.26. The van der Waals surface area contributed by atoms with E-state index < -0.39 is 5.97 Å². The summed E-state index contributed by atoms with van der Waals surface area (Å²) in [5, 5.41) is 10.2. The van der Waals surface area contributed by atoms with E-state index in [0.717, 1.165) is 12.8 Å². The third kappa shape index (κ3) is 20.9. The van der Waals surface area contributed by atoms with Gasteiger partial charge in [0.15, 0.2) is 0 Å². The summed E-state index contributed by atoms with van der Waals surface area (Å²) in [5.74, 6) is -0.905. The maximum absolute atomic E-state index is 10.2. The van der Waals surface area contributed by atoms with Crippen LogP contribution in [0.2, 0.25) is 0 Å². The van der Waals surface area contributed by atoms with Crippen LogP contribution >= 0.6 is 0 Å². The molecule has 0 bridgehead atoms. The second kappa shape index (κ2) is 18.4. The van der Waals surface area contributed by atoms with Crippen LogP contribution in [0.1, 0.15) is 96.8 Å². The molecule has 0 fully saturated rings. The Labute approximate surface area is 139 Å². The van der Waals surface area contributed by atoms with Crippen molar-refractivity contribution in [2.24, 2.45) is 0 Å². The van der Waals surface area contributed by atoms with Gasteiger partial charge in [-0.15, -0.1) is 0 Å². The molecule has 0 unspecified atom stereocenters. The third-order valence-corrected chi connectivity index (χ3v) is 3.48. The molecule has 0 radical (unpaired) electrons. The Morgan fingerprint density at radius 1 is 0.684 bits per heavy atom. The number of aliphatic carboxylic acids is 1. The summed E-state index contributed by atoms with van der Waals surface area (Å²) in [4.78, 5) is 10.2. The Morgan fingerprint density at radius 2 is 1.00 bits per heavy atom. The topological polar surface area (TPSA) is 40.1 Å². The van der Waals surface area contributed by atoms with Gasteiger partial charge in [0.25, 0.3) is 0 Å². The minimum Gasteiger partial charge on any atom is -0.550 e. The van der Waals surface area contributed by atoms with Crippen LogP contribution < -0.4 is 5.11 Å². The number of hydrogen-bond donors (Lipinski definition) is 0. The maximum atomic E-state index is 10.2. The molecule has 0 aliphatic rings. The summed E-state index contributed by atoms with van der Waals surface area (Å²) < 4.78 is 0. The van der Waals surface area contributed by atoms with Gasteiger partial charge in [-0.3, -0.25) is 0 Å². The van der Waals surface area contributed by atoms with Gasteiger partial charge in [0.05, 0.1) is 0 Å². The summed E-state index contributed by atoms with van der Waals surface area (Å²) in [7, 11) is 0. The number of rotatable bonds is 14. The van der Waals surface area contributed by atoms with Crippen LogP contribution in [0.5, 0.6) is 0 Å². The first-order chi connectivity index (χ1) is 8.77. The van der Waals surface area contributed by atoms with Crippen molar-refractivity contribution in [1.82, 2.24) is 0 Å². The Balaban J connectivity index is 0. The zero-order valence-electron chi connectivity index (χ0n) is 12.8. The Morgan fingerprint density at radius 3 is 1.32 bits per heavy atom. The molecule has 0 spiro atoms. The fourth-order valence-electron chi connectivity index (χ4n) is 2.29. The average Bonchev–Trinajstić information content (AvgIpc) is 2.34. The third-order valence-electron chi connectivity index (χ3n) is 3.48. The first-order valence-electron chi connectivity index (χ1n) is 7.97. The van der Waals surface area contributed by atoms with E-state index in [1.165, 1.54) is 70.6 Å². The molecule has 0 rings (SSSR count). The van der Waals surface area contributed by atoms with Gasteiger partial charge in [0.2, 0.25) is 0 Å². The van der Waals surface area contributed by atoms with Crippen molar-refractivity contribution < 1.29 is 9.90 Å². The molecular formula is C16H31O2Tl. The van der Waals surface area contributed by atoms with E-state index in [2.05, 4.69) is 6.92 Å². The van der Waals surface area contributed by atoms with E-state index in [1.54, 1.807) is 0 Å². The van der Waals surface area contributed by atoms with Crippen molar-refractivity contribution in [2.45, 2.75) is 96.8 Å². The monoisotopic (exact) mass is 460 g/mol. The molecule has 0 aromatic rings. The molecule has 0 aromatic carbocycles. The van der Waals surface area contributed by atoms with Gasteiger partial charge >= 0.3 is 27.3 Å². The molecular weight excluding hydrogens is 429 g/mol. The second-order valence-electron chi connectivity index (χ2n) is 5.36. The van der Waals surface area contributed by atoms with Crippen LogP contribution in [-0.4, -0.2) is 33.3 Å². The van der Waals surface area contributed by atoms with Crippen LogP contribution in [-0.2, 0) is 4.79 Å². The fourth-order valence-corrected chi connectivity index (χ4v) is 2.29. The van der Waals surface area contributed by atoms with Crippen molar-refractivity contribution in [2.75, 3.05) is 0 Å². The number of hydrogen-bond acceptors (Lipinski definition) is 2. The standard InChI is InChI=1S/C16H32O2.Tl/c1-2-3-4-5-6-7-8-9-10-11-12-13-14-15-16(17)18;/h2-15H2,1H3,(H,17,18);/q;+1/p-1. The van der Waals surface area contributed by atoms with E-state index in [0.29, 0.717) is 0 Å². The van der Waals surface area contributed by atoms with Gasteiger partial charge in [-0.1, -0.05) is 84.0 Å². The Hall–Kier alpha value is 0.392. The molecule has 0 N–H and O–H groups in total. The van der Waals surface area contributed by atoms with E-state index in [9.17, 15) is 9.90 Å². The molecule has 0 amide bonds. The first kappa shape index (κ1) is 21.7. The predicted molar refractivity (Wildman–Crippen MR) is 81.1 cm³/mol. The largest absolute Gasteiger partial charge is 1.00 e. The number of carboxylic acids is 1. The van der Waals surface area contributed by atoms with Gasteiger partial charge in [0, 0.05) is 5.97 Å². The fraction of sp³-hybridized carbons (Fsp3) is 0.938. The molecule has 0 atom stereocenters. The second-order valence-corrected chi connectivity index (χ2v) is 5.36. The molecule has 3 heteroatoms. The minimum atomic E-state index is -0.905. The van der Waals surface area contributed by atoms with Crippen LogP contribution in [0.4, 0.5) is 0 Å². The van der Waals surface area contributed by atoms with Crippen LogP contribution in [0, 0.1) is 0 Å². The summed E-state index contributed by atoms with van der Waals surface area (Å²) in [6.07, 6.45) is 16.9. The van der Waals surface area contributed by atoms with E-state index >= 15 is 0 Å². The quantitative estimate of drug-likeness (QED) is 0.292.